The van der Waals surface area contributed by atoms with Crippen molar-refractivity contribution in [3.05, 3.63) is 41.5 Å². The number of hydrogen-bond donors (Lipinski definition) is 3. The van der Waals surface area contributed by atoms with E-state index in [1.807, 2.05) is 0 Å². The number of aromatic nitrogens is 1. The minimum atomic E-state index is -3.97. The molecule has 3 N–H and O–H groups in total. The molecular formula is C17H17F3N4O4S. The van der Waals surface area contributed by atoms with Crippen LogP contribution in [0.3, 0.4) is 0 Å². The SMILES string of the molecule is Cn1cc2c(c1C(=O)Nc1cc(F)c(F)c(F)c1)OC[C@@H]1CNC[C@@H]1NS2(=O)=O. The molecule has 8 nitrogen and oxygen atoms in total. The molecule has 0 aliphatic carbocycles. The second-order valence-corrected chi connectivity index (χ2v) is 8.63. The van der Waals surface area contributed by atoms with E-state index in [2.05, 4.69) is 15.4 Å². The molecule has 29 heavy (non-hydrogen) atoms. The first kappa shape index (κ1) is 19.7. The van der Waals surface area contributed by atoms with Gasteiger partial charge in [-0.3, -0.25) is 4.79 Å². The summed E-state index contributed by atoms with van der Waals surface area (Å²) in [5, 5.41) is 5.32. The number of amides is 1. The van der Waals surface area contributed by atoms with E-state index in [1.54, 1.807) is 0 Å². The summed E-state index contributed by atoms with van der Waals surface area (Å²) in [6, 6.07) is 0.907. The number of fused-ring (bicyclic) bond motifs is 2. The lowest BCUT2D eigenvalue weighted by atomic mass is 10.1. The Morgan fingerprint density at radius 1 is 1.24 bits per heavy atom. The molecule has 156 valence electrons. The van der Waals surface area contributed by atoms with E-state index in [4.69, 9.17) is 4.74 Å². The zero-order valence-corrected chi connectivity index (χ0v) is 15.9. The Kier molecular flexibility index (Phi) is 4.79. The first-order chi connectivity index (χ1) is 13.7. The summed E-state index contributed by atoms with van der Waals surface area (Å²) in [4.78, 5) is 12.5. The summed E-state index contributed by atoms with van der Waals surface area (Å²) >= 11 is 0. The van der Waals surface area contributed by atoms with Gasteiger partial charge in [-0.15, -0.1) is 0 Å². The van der Waals surface area contributed by atoms with Crippen LogP contribution in [0, 0.1) is 23.4 Å². The molecule has 1 fully saturated rings. The number of rotatable bonds is 2. The van der Waals surface area contributed by atoms with E-state index in [1.165, 1.54) is 17.8 Å². The molecule has 12 heteroatoms. The quantitative estimate of drug-likeness (QED) is 0.616. The fraction of sp³-hybridized carbons (Fsp3) is 0.353. The molecule has 2 aromatic rings. The highest BCUT2D eigenvalue weighted by atomic mass is 32.2. The van der Waals surface area contributed by atoms with Crippen molar-refractivity contribution >= 4 is 21.6 Å². The van der Waals surface area contributed by atoms with Crippen LogP contribution in [0.1, 0.15) is 10.5 Å². The van der Waals surface area contributed by atoms with Gasteiger partial charge < -0.3 is 19.9 Å². The molecule has 0 radical (unpaired) electrons. The molecule has 0 unspecified atom stereocenters. The van der Waals surface area contributed by atoms with Crippen LogP contribution >= 0.6 is 0 Å². The number of benzene rings is 1. The van der Waals surface area contributed by atoms with E-state index >= 15 is 0 Å². The standard InChI is InChI=1S/C17H17F3N4O4S/c1-24-6-13-16(28-7-8-4-21-5-12(8)23-29(13,26)27)15(24)17(25)22-9-2-10(18)14(20)11(19)3-9/h2-3,6,8,12,21,23H,4-5,7H2,1H3,(H,22,25)/t8-,12-/m0/s1. The Morgan fingerprint density at radius 3 is 2.62 bits per heavy atom. The molecule has 3 heterocycles. The zero-order valence-electron chi connectivity index (χ0n) is 15.1. The average molecular weight is 430 g/mol. The highest BCUT2D eigenvalue weighted by Gasteiger charge is 2.38. The van der Waals surface area contributed by atoms with E-state index in [9.17, 15) is 26.4 Å². The van der Waals surface area contributed by atoms with Crippen LogP contribution in [0.5, 0.6) is 5.75 Å². The second kappa shape index (κ2) is 7.04. The van der Waals surface area contributed by atoms with Crippen LogP contribution in [-0.2, 0) is 17.1 Å². The summed E-state index contributed by atoms with van der Waals surface area (Å²) in [6.07, 6.45) is 1.22. The van der Waals surface area contributed by atoms with Crippen LogP contribution in [0.25, 0.3) is 0 Å². The molecule has 0 spiro atoms. The highest BCUT2D eigenvalue weighted by molar-refractivity contribution is 7.89. The summed E-state index contributed by atoms with van der Waals surface area (Å²) < 4.78 is 75.0. The fourth-order valence-corrected chi connectivity index (χ4v) is 4.99. The Bertz CT molecular complexity index is 1080. The average Bonchev–Trinajstić information content (AvgIpc) is 3.20. The van der Waals surface area contributed by atoms with Crippen LogP contribution in [0.4, 0.5) is 18.9 Å². The number of anilines is 1. The van der Waals surface area contributed by atoms with Crippen molar-refractivity contribution in [1.29, 1.82) is 0 Å². The number of sulfonamides is 1. The summed E-state index contributed by atoms with van der Waals surface area (Å²) in [6.45, 7) is 1.17. The highest BCUT2D eigenvalue weighted by Crippen LogP contribution is 2.34. The number of ether oxygens (including phenoxy) is 1. The van der Waals surface area contributed by atoms with Gasteiger partial charge in [-0.05, 0) is 0 Å². The maximum absolute atomic E-state index is 13.4. The lowest BCUT2D eigenvalue weighted by Gasteiger charge is -2.24. The van der Waals surface area contributed by atoms with Crippen molar-refractivity contribution in [3.63, 3.8) is 0 Å². The molecular weight excluding hydrogens is 413 g/mol. The largest absolute Gasteiger partial charge is 0.489 e. The van der Waals surface area contributed by atoms with Crippen LogP contribution in [0.15, 0.2) is 23.2 Å². The predicted molar refractivity (Wildman–Crippen MR) is 95.6 cm³/mol. The van der Waals surface area contributed by atoms with Gasteiger partial charge >= 0.3 is 0 Å². The predicted octanol–water partition coefficient (Wildman–Crippen LogP) is 0.953. The van der Waals surface area contributed by atoms with Crippen molar-refractivity contribution in [2.24, 2.45) is 13.0 Å². The Balaban J connectivity index is 1.71. The van der Waals surface area contributed by atoms with Crippen molar-refractivity contribution in [3.8, 4) is 5.75 Å². The number of nitrogens with zero attached hydrogens (tertiary/aromatic N) is 1. The van der Waals surface area contributed by atoms with Gasteiger partial charge in [0, 0.05) is 56.1 Å². The maximum atomic E-state index is 13.4. The molecule has 1 aromatic heterocycles. The van der Waals surface area contributed by atoms with Gasteiger partial charge in [-0.1, -0.05) is 0 Å². The third-order valence-corrected chi connectivity index (χ3v) is 6.42. The Hall–Kier alpha value is -2.57. The van der Waals surface area contributed by atoms with Gasteiger partial charge in [-0.2, -0.15) is 0 Å². The molecule has 2 atom stereocenters. The number of hydrogen-bond acceptors (Lipinski definition) is 5. The first-order valence-electron chi connectivity index (χ1n) is 8.68. The zero-order chi connectivity index (χ0) is 20.9. The van der Waals surface area contributed by atoms with Gasteiger partial charge in [0.15, 0.2) is 28.9 Å². The minimum Gasteiger partial charge on any atom is -0.489 e. The molecule has 1 aromatic carbocycles. The van der Waals surface area contributed by atoms with Crippen molar-refractivity contribution in [1.82, 2.24) is 14.6 Å². The van der Waals surface area contributed by atoms with Crippen LogP contribution in [-0.4, -0.2) is 44.6 Å². The summed E-state index contributed by atoms with van der Waals surface area (Å²) in [5.74, 6) is -5.75. The number of carbonyl (C=O) groups is 1. The molecule has 2 aliphatic rings. The molecule has 1 amide bonds. The molecule has 4 rings (SSSR count). The molecule has 1 saturated heterocycles. The first-order valence-corrected chi connectivity index (χ1v) is 10.2. The lowest BCUT2D eigenvalue weighted by molar-refractivity contribution is 0.101. The minimum absolute atomic E-state index is 0.130. The van der Waals surface area contributed by atoms with Gasteiger partial charge in [0.05, 0.1) is 6.61 Å². The van der Waals surface area contributed by atoms with E-state index in [-0.39, 0.29) is 40.6 Å². The molecule has 0 saturated carbocycles. The van der Waals surface area contributed by atoms with Gasteiger partial charge in [0.1, 0.15) is 4.90 Å². The van der Waals surface area contributed by atoms with Crippen molar-refractivity contribution in [2.45, 2.75) is 10.9 Å². The van der Waals surface area contributed by atoms with Crippen molar-refractivity contribution in [2.75, 3.05) is 25.0 Å². The topological polar surface area (TPSA) is 101 Å². The summed E-state index contributed by atoms with van der Waals surface area (Å²) in [5.41, 5.74) is -0.479. The van der Waals surface area contributed by atoms with E-state index in [0.29, 0.717) is 25.2 Å². The number of carbonyl (C=O) groups excluding carboxylic acids is 1. The fourth-order valence-electron chi connectivity index (χ4n) is 3.49. The van der Waals surface area contributed by atoms with E-state index in [0.717, 1.165) is 0 Å². The second-order valence-electron chi connectivity index (χ2n) is 6.95. The normalized spacial score (nSPS) is 22.8. The van der Waals surface area contributed by atoms with Gasteiger partial charge in [0.25, 0.3) is 5.91 Å². The number of halogens is 3. The monoisotopic (exact) mass is 430 g/mol. The third kappa shape index (κ3) is 3.47. The number of nitrogens with one attached hydrogen (secondary N) is 3. The number of aryl methyl sites for hydroxylation is 1. The smallest absolute Gasteiger partial charge is 0.276 e. The Labute approximate surface area is 164 Å². The van der Waals surface area contributed by atoms with Crippen molar-refractivity contribution < 1.29 is 31.1 Å². The van der Waals surface area contributed by atoms with Crippen LogP contribution in [0.2, 0.25) is 0 Å². The van der Waals surface area contributed by atoms with Crippen LogP contribution < -0.4 is 20.1 Å². The van der Waals surface area contributed by atoms with Gasteiger partial charge in [0.2, 0.25) is 10.0 Å². The lowest BCUT2D eigenvalue weighted by Crippen LogP contribution is -2.43. The van der Waals surface area contributed by atoms with E-state index < -0.39 is 33.4 Å². The van der Waals surface area contributed by atoms with Gasteiger partial charge in [-0.25, -0.2) is 26.3 Å². The third-order valence-electron chi connectivity index (χ3n) is 4.94. The Morgan fingerprint density at radius 2 is 1.93 bits per heavy atom. The molecule has 2 aliphatic heterocycles. The maximum Gasteiger partial charge on any atom is 0.276 e. The molecule has 0 bridgehead atoms. The summed E-state index contributed by atoms with van der Waals surface area (Å²) in [7, 11) is -2.53.